The summed E-state index contributed by atoms with van der Waals surface area (Å²) in [7, 11) is 0. The van der Waals surface area contributed by atoms with Gasteiger partial charge in [-0.05, 0) is 88.6 Å². The molecular weight excluding hydrogens is 480 g/mol. The van der Waals surface area contributed by atoms with Crippen molar-refractivity contribution in [2.24, 2.45) is 0 Å². The summed E-state index contributed by atoms with van der Waals surface area (Å²) >= 11 is 0. The number of hydrogen-bond acceptors (Lipinski definition) is 0. The summed E-state index contributed by atoms with van der Waals surface area (Å²) in [6, 6.07) is -20.9. The maximum atomic E-state index is 9.67. The zero-order chi connectivity index (χ0) is 48.2. The van der Waals surface area contributed by atoms with Crippen LogP contribution in [-0.2, 0) is 0 Å². The Balaban J connectivity index is 1.72. The van der Waals surface area contributed by atoms with Gasteiger partial charge in [-0.2, -0.15) is 0 Å². The minimum absolute atomic E-state index is 0.496. The number of hydrogen-bond donors (Lipinski definition) is 0. The van der Waals surface area contributed by atoms with E-state index in [4.69, 9.17) is 24.7 Å². The molecule has 40 heavy (non-hydrogen) atoms. The third-order valence-electron chi connectivity index (χ3n) is 6.38. The summed E-state index contributed by atoms with van der Waals surface area (Å²) in [4.78, 5) is 0. The Morgan fingerprint density at radius 3 is 1.62 bits per heavy atom. The van der Waals surface area contributed by atoms with E-state index in [9.17, 15) is 9.60 Å². The van der Waals surface area contributed by atoms with Gasteiger partial charge in [0.25, 0.3) is 0 Å². The zero-order valence-electron chi connectivity index (χ0n) is 45.1. The van der Waals surface area contributed by atoms with Crippen LogP contribution in [0.15, 0.2) is 157 Å². The van der Waals surface area contributed by atoms with Gasteiger partial charge in [-0.3, -0.25) is 0 Å². The van der Waals surface area contributed by atoms with E-state index in [1.807, 2.05) is 0 Å². The summed E-state index contributed by atoms with van der Waals surface area (Å²) in [6.07, 6.45) is 0. The quantitative estimate of drug-likeness (QED) is 0.199. The van der Waals surface area contributed by atoms with Gasteiger partial charge in [-0.1, -0.05) is 145 Å². The Kier molecular flexibility index (Phi) is 2.05. The molecular formula is C40H26. The first-order valence-electron chi connectivity index (χ1n) is 24.3. The topological polar surface area (TPSA) is 0 Å². The van der Waals surface area contributed by atoms with Gasteiger partial charge in [0.2, 0.25) is 0 Å². The fourth-order valence-electron chi connectivity index (χ4n) is 4.68. The van der Waals surface area contributed by atoms with Crippen molar-refractivity contribution in [3.05, 3.63) is 157 Å². The second-order valence-corrected chi connectivity index (χ2v) is 8.58. The molecule has 8 rings (SSSR count). The highest BCUT2D eigenvalue weighted by Gasteiger charge is 2.18. The summed E-state index contributed by atoms with van der Waals surface area (Å²) in [5, 5.41) is -4.98. The summed E-state index contributed by atoms with van der Waals surface area (Å²) in [5.74, 6) is 0. The predicted molar refractivity (Wildman–Crippen MR) is 173 cm³/mol. The monoisotopic (exact) mass is 531 g/mol. The lowest BCUT2D eigenvalue weighted by Gasteiger charge is -2.19. The van der Waals surface area contributed by atoms with Crippen molar-refractivity contribution >= 4 is 43.1 Å². The van der Waals surface area contributed by atoms with E-state index < -0.39 is 228 Å². The van der Waals surface area contributed by atoms with E-state index in [0.29, 0.717) is 0 Å². The molecule has 0 amide bonds. The largest absolute Gasteiger partial charge is 0.0636 e. The second kappa shape index (κ2) is 9.22. The van der Waals surface area contributed by atoms with Crippen LogP contribution in [0, 0.1) is 0 Å². The van der Waals surface area contributed by atoms with Gasteiger partial charge in [-0.15, -0.1) is 0 Å². The van der Waals surface area contributed by atoms with Crippen LogP contribution in [0.1, 0.15) is 34.3 Å². The van der Waals surface area contributed by atoms with Gasteiger partial charge in [-0.25, -0.2) is 0 Å². The molecule has 0 spiro atoms. The molecule has 0 radical (unpaired) electrons. The van der Waals surface area contributed by atoms with Crippen molar-refractivity contribution in [2.75, 3.05) is 0 Å². The molecule has 0 unspecified atom stereocenters. The van der Waals surface area contributed by atoms with E-state index >= 15 is 0 Å². The summed E-state index contributed by atoms with van der Waals surface area (Å²) in [5.41, 5.74) is -3.97. The van der Waals surface area contributed by atoms with Crippen molar-refractivity contribution in [1.82, 2.24) is 0 Å². The van der Waals surface area contributed by atoms with Crippen molar-refractivity contribution in [3.63, 3.8) is 0 Å². The lowest BCUT2D eigenvalue weighted by atomic mass is 9.84. The Hall–Kier alpha value is -5.20. The van der Waals surface area contributed by atoms with Crippen molar-refractivity contribution in [1.29, 1.82) is 0 Å². The van der Waals surface area contributed by atoms with Crippen LogP contribution in [0.25, 0.3) is 76.5 Å². The van der Waals surface area contributed by atoms with Crippen LogP contribution < -0.4 is 0 Å². The van der Waals surface area contributed by atoms with Crippen molar-refractivity contribution in [3.8, 4) is 33.4 Å². The molecule has 0 saturated heterocycles. The third-order valence-corrected chi connectivity index (χ3v) is 6.38. The first-order chi connectivity index (χ1) is 30.3. The molecule has 0 atom stereocenters. The van der Waals surface area contributed by atoms with Crippen LogP contribution >= 0.6 is 0 Å². The fourth-order valence-corrected chi connectivity index (χ4v) is 4.68. The first-order valence-corrected chi connectivity index (χ1v) is 11.8. The van der Waals surface area contributed by atoms with E-state index in [0.717, 1.165) is 6.07 Å². The number of rotatable bonds is 3. The first kappa shape index (κ1) is 8.91. The van der Waals surface area contributed by atoms with Crippen LogP contribution in [0.3, 0.4) is 0 Å². The number of fused-ring (bicyclic) bond motifs is 4. The van der Waals surface area contributed by atoms with E-state index in [-0.39, 0.29) is 0 Å². The van der Waals surface area contributed by atoms with Crippen LogP contribution in [0.5, 0.6) is 0 Å². The lowest BCUT2D eigenvalue weighted by Crippen LogP contribution is -1.92. The molecule has 0 fully saturated rings. The summed E-state index contributed by atoms with van der Waals surface area (Å²) < 4.78 is 222. The minimum Gasteiger partial charge on any atom is -0.0616 e. The normalized spacial score (nSPS) is 20.2. The Labute approximate surface area is 268 Å². The van der Waals surface area contributed by atoms with E-state index in [2.05, 4.69) is 0 Å². The molecule has 0 bridgehead atoms. The number of benzene rings is 8. The molecule has 0 heterocycles. The highest BCUT2D eigenvalue weighted by Crippen LogP contribution is 2.45. The SMILES string of the molecule is [2H]c1cc(-c2c([2H])c([2H])c3c([2H])c([2H])c([2H])c([2H])c3c2[2H])c([2H])c(-c2c3c([2H])c([2H])c([2H])c([2H])c3c(-c3c([2H])c([2H])c([2H])c4c([2H])c([2H])c([2H])c([2H])c34)c3c([2H])c([2H])c([2H])c([2H])c23)c1[2H]. The van der Waals surface area contributed by atoms with Crippen LogP contribution in [0.4, 0.5) is 0 Å². The standard InChI is InChI=1S/C40H26/c1-2-13-29-25-31(24-23-27(29)11-1)30-15-9-16-32(26-30)39-35-18-5-7-20-37(35)40(38-21-8-6-19-36(38)39)34-22-10-14-28-12-3-4-17-33(28)34/h1-26H/i1D,2D,3D,4D,5D,6D,7D,8D,9D,10D,11D,12D,13D,14D,16D,17D,18D,19D,20D,21D,22D,23D,24D,25D,26D. The van der Waals surface area contributed by atoms with Crippen LogP contribution in [0.2, 0.25) is 0 Å². The molecule has 186 valence electrons. The van der Waals surface area contributed by atoms with Gasteiger partial charge in [0.1, 0.15) is 0 Å². The Bertz CT molecular complexity index is 3510. The summed E-state index contributed by atoms with van der Waals surface area (Å²) in [6.45, 7) is 0. The van der Waals surface area contributed by atoms with Crippen molar-refractivity contribution in [2.45, 2.75) is 0 Å². The molecule has 0 aromatic heterocycles. The van der Waals surface area contributed by atoms with Gasteiger partial charge in [0.15, 0.2) is 0 Å². The van der Waals surface area contributed by atoms with E-state index in [1.54, 1.807) is 0 Å². The molecule has 0 nitrogen and oxygen atoms in total. The lowest BCUT2D eigenvalue weighted by molar-refractivity contribution is 1.63. The van der Waals surface area contributed by atoms with Gasteiger partial charge in [0, 0.05) is 0 Å². The van der Waals surface area contributed by atoms with Crippen molar-refractivity contribution < 1.29 is 34.3 Å². The molecule has 0 saturated carbocycles. The Morgan fingerprint density at radius 2 is 0.900 bits per heavy atom. The van der Waals surface area contributed by atoms with Gasteiger partial charge < -0.3 is 0 Å². The highest BCUT2D eigenvalue weighted by molar-refractivity contribution is 6.23. The average Bonchev–Trinajstić information content (AvgIpc) is 3.27. The smallest absolute Gasteiger partial charge is 0.0616 e. The predicted octanol–water partition coefficient (Wildman–Crippen LogP) is 11.3. The molecule has 0 heteroatoms. The molecule has 0 aliphatic heterocycles. The molecule has 8 aromatic rings. The van der Waals surface area contributed by atoms with Gasteiger partial charge in [0.05, 0.1) is 34.3 Å². The maximum Gasteiger partial charge on any atom is 0.0636 e. The van der Waals surface area contributed by atoms with Crippen LogP contribution in [-0.4, -0.2) is 0 Å². The maximum absolute atomic E-state index is 9.67. The minimum atomic E-state index is -0.958. The second-order valence-electron chi connectivity index (χ2n) is 8.58. The van der Waals surface area contributed by atoms with E-state index in [1.165, 1.54) is 0 Å². The zero-order valence-corrected chi connectivity index (χ0v) is 20.1. The Morgan fingerprint density at radius 1 is 0.325 bits per heavy atom. The highest BCUT2D eigenvalue weighted by atomic mass is 14.2. The van der Waals surface area contributed by atoms with Gasteiger partial charge >= 0.3 is 0 Å². The molecule has 8 aromatic carbocycles. The third kappa shape index (κ3) is 3.61. The molecule has 0 aliphatic rings. The molecule has 0 aliphatic carbocycles. The molecule has 0 N–H and O–H groups in total. The fraction of sp³-hybridized carbons (Fsp3) is 0. The average molecular weight is 532 g/mol.